The molecule has 0 bridgehead atoms. The van der Waals surface area contributed by atoms with E-state index in [1.54, 1.807) is 0 Å². The molecule has 5 nitrogen and oxygen atoms in total. The van der Waals surface area contributed by atoms with Gasteiger partial charge in [0, 0.05) is 49.4 Å². The van der Waals surface area contributed by atoms with E-state index in [-0.39, 0.29) is 21.7 Å². The molecule has 74 heavy (non-hydrogen) atoms. The van der Waals surface area contributed by atoms with Gasteiger partial charge >= 0.3 is 0 Å². The molecule has 370 valence electrons. The van der Waals surface area contributed by atoms with Crippen LogP contribution in [0.2, 0.25) is 0 Å². The average molecular weight is 968 g/mol. The van der Waals surface area contributed by atoms with Crippen LogP contribution < -0.4 is 0 Å². The highest BCUT2D eigenvalue weighted by atomic mass is 15.0. The molecule has 0 aliphatic carbocycles. The van der Waals surface area contributed by atoms with Crippen LogP contribution in [0.4, 0.5) is 0 Å². The van der Waals surface area contributed by atoms with Gasteiger partial charge in [0.1, 0.15) is 0 Å². The molecule has 3 heterocycles. The van der Waals surface area contributed by atoms with Crippen LogP contribution in [0.3, 0.4) is 0 Å². The standard InChI is InChI=1S/C69H69N5/c1-42-27-30-60-54(33-42)55-34-43(2)28-31-61(55)74(60)59-26-20-17-23-53(59)56-39-44(29-32-62(56)73-57-24-18-15-21-51(57)52-22-16-19-25-58(52)73)63-70-64(45-35-47(66(3,4)5)40-48(36-45)67(6,7)8)72-65(71-63)46-37-49(68(9,10)11)41-50(38-46)69(12,13)14/h15-41H,1-14H3. The van der Waals surface area contributed by atoms with Gasteiger partial charge in [-0.05, 0) is 143 Å². The Labute approximate surface area is 438 Å². The number of aryl methyl sites for hydroxylation is 2. The van der Waals surface area contributed by atoms with Crippen molar-refractivity contribution in [2.45, 2.75) is 119 Å². The molecule has 0 fully saturated rings. The molecular weight excluding hydrogens is 899 g/mol. The Hall–Kier alpha value is -7.63. The van der Waals surface area contributed by atoms with Crippen LogP contribution in [0, 0.1) is 13.8 Å². The van der Waals surface area contributed by atoms with Crippen molar-refractivity contribution in [1.29, 1.82) is 0 Å². The summed E-state index contributed by atoms with van der Waals surface area (Å²) in [5, 5.41) is 4.92. The van der Waals surface area contributed by atoms with E-state index in [2.05, 4.69) is 270 Å². The van der Waals surface area contributed by atoms with Crippen molar-refractivity contribution in [2.75, 3.05) is 0 Å². The minimum atomic E-state index is -0.101. The van der Waals surface area contributed by atoms with Crippen LogP contribution in [0.5, 0.6) is 0 Å². The van der Waals surface area contributed by atoms with Crippen molar-refractivity contribution in [1.82, 2.24) is 24.1 Å². The third kappa shape index (κ3) is 8.70. The summed E-state index contributed by atoms with van der Waals surface area (Å²) >= 11 is 0. The predicted octanol–water partition coefficient (Wildman–Crippen LogP) is 18.5. The lowest BCUT2D eigenvalue weighted by Gasteiger charge is -2.26. The Bertz CT molecular complexity index is 3750. The Morgan fingerprint density at radius 2 is 0.662 bits per heavy atom. The molecule has 11 rings (SSSR count). The summed E-state index contributed by atoms with van der Waals surface area (Å²) in [5.74, 6) is 1.94. The lowest BCUT2D eigenvalue weighted by Crippen LogP contribution is -2.17. The quantitative estimate of drug-likeness (QED) is 0.167. The normalized spacial score (nSPS) is 12.7. The van der Waals surface area contributed by atoms with E-state index in [1.165, 1.54) is 66.0 Å². The summed E-state index contributed by atoms with van der Waals surface area (Å²) in [6.45, 7) is 31.8. The van der Waals surface area contributed by atoms with Gasteiger partial charge in [0.2, 0.25) is 0 Å². The lowest BCUT2D eigenvalue weighted by molar-refractivity contribution is 0.568. The summed E-state index contributed by atoms with van der Waals surface area (Å²) in [6, 6.07) is 60.9. The Morgan fingerprint density at radius 1 is 0.297 bits per heavy atom. The third-order valence-corrected chi connectivity index (χ3v) is 15.1. The number of hydrogen-bond donors (Lipinski definition) is 0. The Kier molecular flexibility index (Phi) is 11.5. The van der Waals surface area contributed by atoms with E-state index in [9.17, 15) is 0 Å². The van der Waals surface area contributed by atoms with E-state index in [0.29, 0.717) is 17.5 Å². The molecule has 0 radical (unpaired) electrons. The van der Waals surface area contributed by atoms with Gasteiger partial charge in [0.15, 0.2) is 17.5 Å². The first-order chi connectivity index (χ1) is 35.0. The lowest BCUT2D eigenvalue weighted by atomic mass is 9.79. The van der Waals surface area contributed by atoms with Crippen molar-refractivity contribution in [3.63, 3.8) is 0 Å². The summed E-state index contributed by atoms with van der Waals surface area (Å²) in [6.07, 6.45) is 0. The van der Waals surface area contributed by atoms with E-state index in [1.807, 2.05) is 0 Å². The van der Waals surface area contributed by atoms with Crippen LogP contribution in [-0.4, -0.2) is 24.1 Å². The fourth-order valence-electron chi connectivity index (χ4n) is 10.7. The molecule has 5 heteroatoms. The first-order valence-electron chi connectivity index (χ1n) is 26.3. The van der Waals surface area contributed by atoms with Gasteiger partial charge in [-0.25, -0.2) is 15.0 Å². The van der Waals surface area contributed by atoms with Crippen molar-refractivity contribution in [2.24, 2.45) is 0 Å². The highest BCUT2D eigenvalue weighted by molar-refractivity contribution is 6.12. The molecule has 0 aliphatic rings. The first-order valence-corrected chi connectivity index (χ1v) is 26.3. The van der Waals surface area contributed by atoms with E-state index >= 15 is 0 Å². The number of aromatic nitrogens is 5. The molecule has 0 amide bonds. The number of hydrogen-bond acceptors (Lipinski definition) is 3. The first kappa shape index (κ1) is 48.6. The summed E-state index contributed by atoms with van der Waals surface area (Å²) in [4.78, 5) is 16.6. The molecular formula is C69H69N5. The van der Waals surface area contributed by atoms with Gasteiger partial charge in [-0.15, -0.1) is 0 Å². The second kappa shape index (κ2) is 17.5. The molecule has 3 aromatic heterocycles. The number of rotatable bonds is 6. The van der Waals surface area contributed by atoms with Gasteiger partial charge in [-0.1, -0.05) is 173 Å². The van der Waals surface area contributed by atoms with Gasteiger partial charge in [0.05, 0.1) is 33.4 Å². The Morgan fingerprint density at radius 3 is 1.09 bits per heavy atom. The SMILES string of the molecule is Cc1ccc2c(c1)c1cc(C)ccc1n2-c1ccccc1-c1cc(-c2nc(-c3cc(C(C)(C)C)cc(C(C)(C)C)c3)nc(-c3cc(C(C)(C)C)cc(C(C)(C)C)c3)n2)ccc1-n1c2ccccc2c2ccccc21. The zero-order valence-corrected chi connectivity index (χ0v) is 45.8. The fourth-order valence-corrected chi connectivity index (χ4v) is 10.7. The number of benzene rings is 8. The smallest absolute Gasteiger partial charge is 0.164 e. The van der Waals surface area contributed by atoms with E-state index in [4.69, 9.17) is 15.0 Å². The van der Waals surface area contributed by atoms with E-state index in [0.717, 1.165) is 50.2 Å². The fraction of sp³-hybridized carbons (Fsp3) is 0.261. The summed E-state index contributed by atoms with van der Waals surface area (Å²) < 4.78 is 4.91. The molecule has 11 aromatic rings. The highest BCUT2D eigenvalue weighted by Gasteiger charge is 2.27. The molecule has 8 aromatic carbocycles. The summed E-state index contributed by atoms with van der Waals surface area (Å²) in [5.41, 5.74) is 18.9. The minimum Gasteiger partial charge on any atom is -0.309 e. The Balaban J connectivity index is 1.24. The number of nitrogens with zero attached hydrogens (tertiary/aromatic N) is 5. The van der Waals surface area contributed by atoms with Crippen LogP contribution >= 0.6 is 0 Å². The maximum atomic E-state index is 5.55. The molecule has 0 aliphatic heterocycles. The van der Waals surface area contributed by atoms with Crippen LogP contribution in [0.15, 0.2) is 164 Å². The second-order valence-electron chi connectivity index (χ2n) is 24.9. The van der Waals surface area contributed by atoms with Crippen LogP contribution in [0.25, 0.3) is 100 Å². The molecule has 0 unspecified atom stereocenters. The monoisotopic (exact) mass is 968 g/mol. The summed E-state index contributed by atoms with van der Waals surface area (Å²) in [7, 11) is 0. The highest BCUT2D eigenvalue weighted by Crippen LogP contribution is 2.44. The molecule has 0 saturated heterocycles. The third-order valence-electron chi connectivity index (χ3n) is 15.1. The predicted molar refractivity (Wildman–Crippen MR) is 315 cm³/mol. The maximum absolute atomic E-state index is 5.55. The average Bonchev–Trinajstić information content (AvgIpc) is 3.87. The molecule has 0 N–H and O–H groups in total. The topological polar surface area (TPSA) is 48.5 Å². The number of fused-ring (bicyclic) bond motifs is 6. The van der Waals surface area contributed by atoms with Crippen molar-refractivity contribution in [3.05, 3.63) is 197 Å². The minimum absolute atomic E-state index is 0.101. The van der Waals surface area contributed by atoms with Crippen LogP contribution in [-0.2, 0) is 21.7 Å². The van der Waals surface area contributed by atoms with Gasteiger partial charge < -0.3 is 9.13 Å². The second-order valence-corrected chi connectivity index (χ2v) is 24.9. The number of para-hydroxylation sites is 3. The van der Waals surface area contributed by atoms with Crippen LogP contribution in [0.1, 0.15) is 116 Å². The zero-order chi connectivity index (χ0) is 52.2. The van der Waals surface area contributed by atoms with Gasteiger partial charge in [-0.3, -0.25) is 0 Å². The van der Waals surface area contributed by atoms with Gasteiger partial charge in [-0.2, -0.15) is 0 Å². The van der Waals surface area contributed by atoms with Gasteiger partial charge in [0.25, 0.3) is 0 Å². The van der Waals surface area contributed by atoms with E-state index < -0.39 is 0 Å². The van der Waals surface area contributed by atoms with Crippen molar-refractivity contribution in [3.8, 4) is 56.7 Å². The largest absolute Gasteiger partial charge is 0.309 e. The molecule has 0 spiro atoms. The molecule has 0 atom stereocenters. The van der Waals surface area contributed by atoms with Crippen molar-refractivity contribution < 1.29 is 0 Å². The molecule has 0 saturated carbocycles. The zero-order valence-electron chi connectivity index (χ0n) is 45.8. The van der Waals surface area contributed by atoms with Crippen molar-refractivity contribution >= 4 is 43.6 Å². The maximum Gasteiger partial charge on any atom is 0.164 e.